The van der Waals surface area contributed by atoms with Crippen LogP contribution in [0.4, 0.5) is 10.5 Å². The van der Waals surface area contributed by atoms with Crippen molar-refractivity contribution in [3.8, 4) is 11.4 Å². The van der Waals surface area contributed by atoms with E-state index >= 15 is 0 Å². The fraction of sp³-hybridized carbons (Fsp3) is 0.375. The van der Waals surface area contributed by atoms with Crippen molar-refractivity contribution in [1.29, 1.82) is 0 Å². The van der Waals surface area contributed by atoms with Crippen molar-refractivity contribution in [2.75, 3.05) is 5.32 Å². The molecular weight excluding hydrogens is 264 g/mol. The Hall–Kier alpha value is -2.30. The molecule has 0 spiro atoms. The fourth-order valence-electron chi connectivity index (χ4n) is 2.47. The fourth-order valence-corrected chi connectivity index (χ4v) is 2.47. The van der Waals surface area contributed by atoms with Crippen LogP contribution in [0.3, 0.4) is 0 Å². The summed E-state index contributed by atoms with van der Waals surface area (Å²) in [6.07, 6.45) is 6.10. The van der Waals surface area contributed by atoms with Gasteiger partial charge in [-0.25, -0.2) is 9.78 Å². The number of rotatable bonds is 4. The number of carbonyl (C=O) groups excluding carboxylic acids is 1. The normalized spacial score (nSPS) is 15.5. The molecule has 2 aromatic rings. The number of amides is 2. The van der Waals surface area contributed by atoms with Gasteiger partial charge in [0.25, 0.3) is 0 Å². The second-order valence-electron chi connectivity index (χ2n) is 5.67. The van der Waals surface area contributed by atoms with Crippen LogP contribution in [0.15, 0.2) is 36.7 Å². The van der Waals surface area contributed by atoms with Gasteiger partial charge in [0.05, 0.1) is 0 Å². The quantitative estimate of drug-likeness (QED) is 0.906. The average Bonchev–Trinajstić information content (AvgIpc) is 3.21. The topological polar surface area (TPSA) is 59.0 Å². The maximum atomic E-state index is 12.0. The van der Waals surface area contributed by atoms with E-state index in [0.29, 0.717) is 5.92 Å². The Bertz CT molecular complexity index is 645. The summed E-state index contributed by atoms with van der Waals surface area (Å²) in [6.45, 7) is 2.06. The molecule has 2 amide bonds. The summed E-state index contributed by atoms with van der Waals surface area (Å²) in [4.78, 5) is 16.3. The predicted molar refractivity (Wildman–Crippen MR) is 83.0 cm³/mol. The Labute approximate surface area is 124 Å². The third-order valence-electron chi connectivity index (χ3n) is 3.89. The molecule has 0 bridgehead atoms. The van der Waals surface area contributed by atoms with Crippen molar-refractivity contribution in [1.82, 2.24) is 14.9 Å². The highest BCUT2D eigenvalue weighted by Gasteiger charge is 2.28. The number of nitrogens with zero attached hydrogens (tertiary/aromatic N) is 2. The van der Waals surface area contributed by atoms with Gasteiger partial charge in [0.15, 0.2) is 0 Å². The zero-order chi connectivity index (χ0) is 14.8. The first-order valence-electron chi connectivity index (χ1n) is 7.29. The summed E-state index contributed by atoms with van der Waals surface area (Å²) in [6, 6.07) is 7.81. The molecule has 1 aromatic carbocycles. The lowest BCUT2D eigenvalue weighted by molar-refractivity contribution is 0.248. The number of benzene rings is 1. The number of anilines is 1. The molecule has 21 heavy (non-hydrogen) atoms. The molecule has 1 aliphatic carbocycles. The van der Waals surface area contributed by atoms with E-state index in [9.17, 15) is 4.79 Å². The molecule has 0 aliphatic heterocycles. The SMILES string of the molecule is CC(NC(=O)Nc1cccc(-c2nccn2C)c1)C1CC1. The summed E-state index contributed by atoms with van der Waals surface area (Å²) in [7, 11) is 1.95. The molecule has 1 fully saturated rings. The number of carbonyl (C=O) groups is 1. The molecular formula is C16H20N4O. The molecule has 3 rings (SSSR count). The molecule has 110 valence electrons. The molecule has 5 nitrogen and oxygen atoms in total. The van der Waals surface area contributed by atoms with Crippen LogP contribution in [0.2, 0.25) is 0 Å². The van der Waals surface area contributed by atoms with Gasteiger partial charge in [0, 0.05) is 36.7 Å². The van der Waals surface area contributed by atoms with Crippen molar-refractivity contribution < 1.29 is 4.79 Å². The van der Waals surface area contributed by atoms with Crippen molar-refractivity contribution >= 4 is 11.7 Å². The first kappa shape index (κ1) is 13.7. The van der Waals surface area contributed by atoms with Crippen molar-refractivity contribution in [2.24, 2.45) is 13.0 Å². The minimum atomic E-state index is -0.147. The van der Waals surface area contributed by atoms with Crippen LogP contribution < -0.4 is 10.6 Å². The van der Waals surface area contributed by atoms with Gasteiger partial charge in [-0.1, -0.05) is 12.1 Å². The number of hydrogen-bond donors (Lipinski definition) is 2. The Morgan fingerprint density at radius 2 is 2.24 bits per heavy atom. The second-order valence-corrected chi connectivity index (χ2v) is 5.67. The Balaban J connectivity index is 1.68. The van der Waals surface area contributed by atoms with E-state index in [-0.39, 0.29) is 12.1 Å². The lowest BCUT2D eigenvalue weighted by Crippen LogP contribution is -2.37. The van der Waals surface area contributed by atoms with E-state index < -0.39 is 0 Å². The van der Waals surface area contributed by atoms with Crippen LogP contribution in [0.5, 0.6) is 0 Å². The van der Waals surface area contributed by atoms with E-state index in [1.807, 2.05) is 42.1 Å². The highest BCUT2D eigenvalue weighted by Crippen LogP contribution is 2.32. The molecule has 1 atom stereocenters. The number of aromatic nitrogens is 2. The van der Waals surface area contributed by atoms with E-state index in [4.69, 9.17) is 0 Å². The smallest absolute Gasteiger partial charge is 0.319 e. The lowest BCUT2D eigenvalue weighted by atomic mass is 10.2. The van der Waals surface area contributed by atoms with Crippen LogP contribution in [-0.2, 0) is 7.05 Å². The Morgan fingerprint density at radius 1 is 1.43 bits per heavy atom. The summed E-state index contributed by atoms with van der Waals surface area (Å²) >= 11 is 0. The van der Waals surface area contributed by atoms with Gasteiger partial charge in [0.2, 0.25) is 0 Å². The van der Waals surface area contributed by atoms with Crippen LogP contribution in [-0.4, -0.2) is 21.6 Å². The summed E-state index contributed by atoms with van der Waals surface area (Å²) in [5.41, 5.74) is 1.76. The van der Waals surface area contributed by atoms with E-state index in [0.717, 1.165) is 17.1 Å². The van der Waals surface area contributed by atoms with Crippen LogP contribution in [0, 0.1) is 5.92 Å². The van der Waals surface area contributed by atoms with Crippen molar-refractivity contribution in [3.05, 3.63) is 36.7 Å². The maximum Gasteiger partial charge on any atom is 0.319 e. The Morgan fingerprint density at radius 3 is 2.90 bits per heavy atom. The van der Waals surface area contributed by atoms with Crippen LogP contribution in [0.25, 0.3) is 11.4 Å². The van der Waals surface area contributed by atoms with Crippen molar-refractivity contribution in [2.45, 2.75) is 25.8 Å². The van der Waals surface area contributed by atoms with Crippen molar-refractivity contribution in [3.63, 3.8) is 0 Å². The number of imidazole rings is 1. The molecule has 1 aliphatic rings. The zero-order valence-electron chi connectivity index (χ0n) is 12.3. The number of aryl methyl sites for hydroxylation is 1. The molecule has 1 heterocycles. The van der Waals surface area contributed by atoms with Gasteiger partial charge in [-0.3, -0.25) is 0 Å². The number of hydrogen-bond acceptors (Lipinski definition) is 2. The second kappa shape index (κ2) is 5.60. The molecule has 5 heteroatoms. The first-order chi connectivity index (χ1) is 10.1. The van der Waals surface area contributed by atoms with Crippen LogP contribution >= 0.6 is 0 Å². The highest BCUT2D eigenvalue weighted by atomic mass is 16.2. The van der Waals surface area contributed by atoms with Gasteiger partial charge in [-0.2, -0.15) is 0 Å². The molecule has 1 saturated carbocycles. The third kappa shape index (κ3) is 3.24. The molecule has 1 aromatic heterocycles. The van der Waals surface area contributed by atoms with Gasteiger partial charge < -0.3 is 15.2 Å². The van der Waals surface area contributed by atoms with E-state index in [1.54, 1.807) is 6.20 Å². The largest absolute Gasteiger partial charge is 0.335 e. The molecule has 0 saturated heterocycles. The first-order valence-corrected chi connectivity index (χ1v) is 7.29. The lowest BCUT2D eigenvalue weighted by Gasteiger charge is -2.14. The average molecular weight is 284 g/mol. The summed E-state index contributed by atoms with van der Waals surface area (Å²) in [5.74, 6) is 1.53. The van der Waals surface area contributed by atoms with Gasteiger partial charge in [-0.15, -0.1) is 0 Å². The van der Waals surface area contributed by atoms with E-state index in [2.05, 4.69) is 22.5 Å². The van der Waals surface area contributed by atoms with Gasteiger partial charge in [-0.05, 0) is 37.8 Å². The van der Waals surface area contributed by atoms with Gasteiger partial charge in [0.1, 0.15) is 5.82 Å². The molecule has 0 radical (unpaired) electrons. The highest BCUT2D eigenvalue weighted by molar-refractivity contribution is 5.90. The molecule has 2 N–H and O–H groups in total. The predicted octanol–water partition coefficient (Wildman–Crippen LogP) is 3.01. The summed E-state index contributed by atoms with van der Waals surface area (Å²) < 4.78 is 1.95. The minimum absolute atomic E-state index is 0.147. The summed E-state index contributed by atoms with van der Waals surface area (Å²) in [5, 5.41) is 5.88. The number of nitrogens with one attached hydrogen (secondary N) is 2. The standard InChI is InChI=1S/C16H20N4O/c1-11(12-6-7-12)18-16(21)19-14-5-3-4-13(10-14)15-17-8-9-20(15)2/h3-5,8-12H,6-7H2,1-2H3,(H2,18,19,21). The minimum Gasteiger partial charge on any atom is -0.335 e. The van der Waals surface area contributed by atoms with E-state index in [1.165, 1.54) is 12.8 Å². The molecule has 1 unspecified atom stereocenters. The monoisotopic (exact) mass is 284 g/mol. The third-order valence-corrected chi connectivity index (χ3v) is 3.89. The van der Waals surface area contributed by atoms with Crippen LogP contribution in [0.1, 0.15) is 19.8 Å². The Kier molecular flexibility index (Phi) is 3.64. The number of urea groups is 1. The van der Waals surface area contributed by atoms with Gasteiger partial charge >= 0.3 is 6.03 Å². The zero-order valence-corrected chi connectivity index (χ0v) is 12.3. The maximum absolute atomic E-state index is 12.0.